The van der Waals surface area contributed by atoms with Gasteiger partial charge < -0.3 is 15.3 Å². The second-order valence-corrected chi connectivity index (χ2v) is 6.76. The number of hydrogen-bond acceptors (Lipinski definition) is 4. The Morgan fingerprint density at radius 2 is 2.10 bits per heavy atom. The molecule has 0 bridgehead atoms. The Kier molecular flexibility index (Phi) is 3.92. The summed E-state index contributed by atoms with van der Waals surface area (Å²) in [5.41, 5.74) is -0.0360. The Morgan fingerprint density at radius 1 is 1.35 bits per heavy atom. The zero-order valence-corrected chi connectivity index (χ0v) is 12.2. The molecule has 0 aromatic carbocycles. The molecule has 1 saturated heterocycles. The molecule has 1 atom stereocenters. The minimum Gasteiger partial charge on any atom is -0.509 e. The highest BCUT2D eigenvalue weighted by molar-refractivity contribution is 7.99. The quantitative estimate of drug-likeness (QED) is 0.773. The van der Waals surface area contributed by atoms with Crippen molar-refractivity contribution >= 4 is 23.6 Å². The van der Waals surface area contributed by atoms with E-state index in [4.69, 9.17) is 0 Å². The number of nitrogens with zero attached hydrogens (tertiary/aromatic N) is 1. The highest BCUT2D eigenvalue weighted by atomic mass is 32.2. The fourth-order valence-electron chi connectivity index (χ4n) is 3.22. The zero-order chi connectivity index (χ0) is 14.1. The second kappa shape index (κ2) is 5.68. The van der Waals surface area contributed by atoms with Crippen LogP contribution in [0.2, 0.25) is 0 Å². The molecule has 1 saturated carbocycles. The first-order chi connectivity index (χ1) is 9.68. The number of carbonyl (C=O) groups is 2. The van der Waals surface area contributed by atoms with E-state index in [0.717, 1.165) is 12.8 Å². The van der Waals surface area contributed by atoms with Gasteiger partial charge in [-0.2, -0.15) is 0 Å². The molecule has 20 heavy (non-hydrogen) atoms. The van der Waals surface area contributed by atoms with Crippen molar-refractivity contribution in [1.82, 2.24) is 10.2 Å². The van der Waals surface area contributed by atoms with Crippen LogP contribution in [-0.4, -0.2) is 46.0 Å². The third-order valence-corrected chi connectivity index (χ3v) is 5.44. The van der Waals surface area contributed by atoms with Crippen LogP contribution < -0.4 is 5.32 Å². The Hall–Kier alpha value is -1.17. The lowest BCUT2D eigenvalue weighted by molar-refractivity contribution is -0.128. The lowest BCUT2D eigenvalue weighted by Gasteiger charge is -2.21. The van der Waals surface area contributed by atoms with Crippen molar-refractivity contribution in [3.05, 3.63) is 11.3 Å². The molecule has 2 aliphatic heterocycles. The maximum absolute atomic E-state index is 12.2. The zero-order valence-electron chi connectivity index (χ0n) is 11.4. The maximum Gasteiger partial charge on any atom is 0.264 e. The van der Waals surface area contributed by atoms with Crippen molar-refractivity contribution < 1.29 is 14.7 Å². The molecule has 0 aromatic heterocycles. The van der Waals surface area contributed by atoms with Crippen LogP contribution in [0.15, 0.2) is 11.3 Å². The van der Waals surface area contributed by atoms with E-state index in [1.165, 1.54) is 19.3 Å². The standard InChI is InChI=1S/C14H20N2O3S/c17-12-10-7-20-8-16(10)14(19)11(12)13(18)15-6-9-4-2-1-3-5-9/h9-10,17H,1-8H2,(H,15,18)/t10-/m1/s1. The predicted molar refractivity (Wildman–Crippen MR) is 77.2 cm³/mol. The molecule has 0 unspecified atom stereocenters. The van der Waals surface area contributed by atoms with Crippen LogP contribution >= 0.6 is 11.8 Å². The maximum atomic E-state index is 12.2. The van der Waals surface area contributed by atoms with Crippen molar-refractivity contribution in [2.75, 3.05) is 18.2 Å². The van der Waals surface area contributed by atoms with Crippen LogP contribution in [0.1, 0.15) is 32.1 Å². The van der Waals surface area contributed by atoms with Gasteiger partial charge in [0.1, 0.15) is 17.4 Å². The molecule has 0 spiro atoms. The third kappa shape index (κ3) is 2.41. The highest BCUT2D eigenvalue weighted by Crippen LogP contribution is 2.33. The minimum absolute atomic E-state index is 0.0360. The number of aliphatic hydroxyl groups is 1. The van der Waals surface area contributed by atoms with Crippen LogP contribution in [0.4, 0.5) is 0 Å². The van der Waals surface area contributed by atoms with E-state index < -0.39 is 5.91 Å². The third-order valence-electron chi connectivity index (χ3n) is 4.43. The number of fused-ring (bicyclic) bond motifs is 1. The van der Waals surface area contributed by atoms with Gasteiger partial charge in [-0.25, -0.2) is 0 Å². The molecule has 2 amide bonds. The Balaban J connectivity index is 1.61. The monoisotopic (exact) mass is 296 g/mol. The Labute approximate surface area is 122 Å². The molecular formula is C14H20N2O3S. The van der Waals surface area contributed by atoms with E-state index in [-0.39, 0.29) is 23.3 Å². The van der Waals surface area contributed by atoms with Gasteiger partial charge in [-0.1, -0.05) is 19.3 Å². The predicted octanol–water partition coefficient (Wildman–Crippen LogP) is 1.41. The molecule has 2 N–H and O–H groups in total. The molecule has 110 valence electrons. The van der Waals surface area contributed by atoms with Gasteiger partial charge in [0.25, 0.3) is 11.8 Å². The summed E-state index contributed by atoms with van der Waals surface area (Å²) in [6.45, 7) is 0.613. The van der Waals surface area contributed by atoms with Gasteiger partial charge >= 0.3 is 0 Å². The molecule has 3 rings (SSSR count). The molecule has 5 nitrogen and oxygen atoms in total. The van der Waals surface area contributed by atoms with Crippen molar-refractivity contribution in [1.29, 1.82) is 0 Å². The number of carbonyl (C=O) groups excluding carboxylic acids is 2. The number of rotatable bonds is 3. The van der Waals surface area contributed by atoms with Gasteiger partial charge in [0, 0.05) is 12.3 Å². The number of amides is 2. The molecule has 2 heterocycles. The molecule has 3 aliphatic rings. The Morgan fingerprint density at radius 3 is 2.80 bits per heavy atom. The van der Waals surface area contributed by atoms with Gasteiger partial charge in [0.15, 0.2) is 0 Å². The van der Waals surface area contributed by atoms with E-state index >= 15 is 0 Å². The number of nitrogens with one attached hydrogen (secondary N) is 1. The Bertz CT molecular complexity index is 457. The summed E-state index contributed by atoms with van der Waals surface area (Å²) in [4.78, 5) is 25.9. The fourth-order valence-corrected chi connectivity index (χ4v) is 4.38. The van der Waals surface area contributed by atoms with Crippen LogP contribution in [0.25, 0.3) is 0 Å². The van der Waals surface area contributed by atoms with Crippen molar-refractivity contribution in [2.24, 2.45) is 5.92 Å². The molecule has 0 radical (unpaired) electrons. The lowest BCUT2D eigenvalue weighted by atomic mass is 9.89. The number of aliphatic hydroxyl groups excluding tert-OH is 1. The molecule has 1 aliphatic carbocycles. The second-order valence-electron chi connectivity index (χ2n) is 5.76. The first-order valence-electron chi connectivity index (χ1n) is 7.28. The fraction of sp³-hybridized carbons (Fsp3) is 0.714. The number of hydrogen-bond donors (Lipinski definition) is 2. The first kappa shape index (κ1) is 13.8. The van der Waals surface area contributed by atoms with Gasteiger partial charge in [0.2, 0.25) is 0 Å². The van der Waals surface area contributed by atoms with Crippen molar-refractivity contribution in [3.63, 3.8) is 0 Å². The van der Waals surface area contributed by atoms with E-state index in [0.29, 0.717) is 24.1 Å². The summed E-state index contributed by atoms with van der Waals surface area (Å²) in [6.07, 6.45) is 6.01. The minimum atomic E-state index is -0.405. The van der Waals surface area contributed by atoms with Crippen molar-refractivity contribution in [3.8, 4) is 0 Å². The normalized spacial score (nSPS) is 27.1. The first-order valence-corrected chi connectivity index (χ1v) is 8.44. The van der Waals surface area contributed by atoms with Crippen molar-refractivity contribution in [2.45, 2.75) is 38.1 Å². The molecule has 2 fully saturated rings. The van der Waals surface area contributed by atoms with E-state index in [2.05, 4.69) is 5.32 Å². The van der Waals surface area contributed by atoms with Gasteiger partial charge in [-0.15, -0.1) is 11.8 Å². The van der Waals surface area contributed by atoms with E-state index in [1.807, 2.05) is 0 Å². The van der Waals surface area contributed by atoms with Gasteiger partial charge in [0.05, 0.1) is 5.88 Å². The largest absolute Gasteiger partial charge is 0.509 e. The number of thioether (sulfide) groups is 1. The van der Waals surface area contributed by atoms with Gasteiger partial charge in [-0.3, -0.25) is 9.59 Å². The summed E-state index contributed by atoms with van der Waals surface area (Å²) < 4.78 is 0. The molecular weight excluding hydrogens is 276 g/mol. The highest BCUT2D eigenvalue weighted by Gasteiger charge is 2.45. The summed E-state index contributed by atoms with van der Waals surface area (Å²) in [7, 11) is 0. The summed E-state index contributed by atoms with van der Waals surface area (Å²) in [5, 5.41) is 12.9. The summed E-state index contributed by atoms with van der Waals surface area (Å²) in [5.74, 6) is 0.990. The average molecular weight is 296 g/mol. The summed E-state index contributed by atoms with van der Waals surface area (Å²) in [6, 6.07) is -0.289. The van der Waals surface area contributed by atoms with Crippen LogP contribution in [0.3, 0.4) is 0 Å². The van der Waals surface area contributed by atoms with E-state index in [9.17, 15) is 14.7 Å². The SMILES string of the molecule is O=C(NCC1CCCCC1)C1=C(O)[C@H]2CSCN2C1=O. The van der Waals surface area contributed by atoms with Gasteiger partial charge in [-0.05, 0) is 18.8 Å². The van der Waals surface area contributed by atoms with Crippen LogP contribution in [0.5, 0.6) is 0 Å². The van der Waals surface area contributed by atoms with Crippen LogP contribution in [0, 0.1) is 5.92 Å². The molecule has 6 heteroatoms. The average Bonchev–Trinajstić information content (AvgIpc) is 3.03. The smallest absolute Gasteiger partial charge is 0.264 e. The molecule has 0 aromatic rings. The lowest BCUT2D eigenvalue weighted by Crippen LogP contribution is -2.36. The topological polar surface area (TPSA) is 69.6 Å². The van der Waals surface area contributed by atoms with E-state index in [1.54, 1.807) is 16.7 Å². The van der Waals surface area contributed by atoms with Crippen LogP contribution in [-0.2, 0) is 9.59 Å². The summed E-state index contributed by atoms with van der Waals surface area (Å²) >= 11 is 1.60.